The smallest absolute Gasteiger partial charge is 0.373 e. The van der Waals surface area contributed by atoms with Crippen LogP contribution in [0.5, 0.6) is 0 Å². The molecule has 4 heterocycles. The third kappa shape index (κ3) is 3.18. The highest BCUT2D eigenvalue weighted by atomic mass is 19.4. The summed E-state index contributed by atoms with van der Waals surface area (Å²) in [5.74, 6) is 1.34. The van der Waals surface area contributed by atoms with E-state index < -0.39 is 17.0 Å². The molecule has 7 nitrogen and oxygen atoms in total. The van der Waals surface area contributed by atoms with Crippen LogP contribution >= 0.6 is 0 Å². The van der Waals surface area contributed by atoms with Gasteiger partial charge in [0.25, 0.3) is 5.56 Å². The fourth-order valence-electron chi connectivity index (χ4n) is 8.08. The van der Waals surface area contributed by atoms with Crippen molar-refractivity contribution in [1.29, 1.82) is 0 Å². The second kappa shape index (κ2) is 7.44. The van der Waals surface area contributed by atoms with E-state index in [1.54, 1.807) is 6.07 Å². The fourth-order valence-corrected chi connectivity index (χ4v) is 8.08. The third-order valence-electron chi connectivity index (χ3n) is 10.6. The number of pyridine rings is 1. The molecule has 10 rings (SSSR count). The molecular weight excluding hydrogens is 507 g/mol. The maximum Gasteiger partial charge on any atom is 0.394 e. The van der Waals surface area contributed by atoms with Crippen LogP contribution in [-0.2, 0) is 15.7 Å². The van der Waals surface area contributed by atoms with Gasteiger partial charge in [-0.3, -0.25) is 4.79 Å². The zero-order valence-corrected chi connectivity index (χ0v) is 22.0. The van der Waals surface area contributed by atoms with Gasteiger partial charge in [-0.1, -0.05) is 0 Å². The van der Waals surface area contributed by atoms with E-state index in [-0.39, 0.29) is 42.4 Å². The van der Waals surface area contributed by atoms with Crippen molar-refractivity contribution >= 4 is 11.2 Å². The average Bonchev–Trinajstić information content (AvgIpc) is 2.77. The third-order valence-corrected chi connectivity index (χ3v) is 10.6. The largest absolute Gasteiger partial charge is 0.394 e. The van der Waals surface area contributed by atoms with E-state index in [1.165, 1.54) is 0 Å². The molecule has 1 saturated heterocycles. The molecule has 7 aliphatic rings. The first-order valence-electron chi connectivity index (χ1n) is 13.9. The van der Waals surface area contributed by atoms with Crippen LogP contribution in [0.25, 0.3) is 11.2 Å². The highest BCUT2D eigenvalue weighted by molar-refractivity contribution is 5.75. The summed E-state index contributed by atoms with van der Waals surface area (Å²) < 4.78 is 49.1. The van der Waals surface area contributed by atoms with E-state index in [2.05, 4.69) is 4.98 Å². The molecule has 204 valence electrons. The SMILES string of the molecule is Cc1nc2nc(C3CCOC(c4ccc(=O)n(C56CC(C5)C6)c4)C3)nc(C34CC(C(F)(F)F)(C3)C4)c2nc1C. The number of hydrogen-bond donors (Lipinski definition) is 0. The van der Waals surface area contributed by atoms with Crippen molar-refractivity contribution in [1.82, 2.24) is 24.5 Å². The molecule has 10 heteroatoms. The van der Waals surface area contributed by atoms with Gasteiger partial charge in [-0.25, -0.2) is 19.9 Å². The van der Waals surface area contributed by atoms with Crippen molar-refractivity contribution in [2.24, 2.45) is 11.3 Å². The lowest BCUT2D eigenvalue weighted by molar-refractivity contribution is -0.337. The number of alkyl halides is 3. The van der Waals surface area contributed by atoms with Crippen LogP contribution in [-0.4, -0.2) is 37.3 Å². The predicted molar refractivity (Wildman–Crippen MR) is 135 cm³/mol. The molecule has 39 heavy (non-hydrogen) atoms. The van der Waals surface area contributed by atoms with Crippen LogP contribution in [0, 0.1) is 25.2 Å². The van der Waals surface area contributed by atoms with Crippen LogP contribution in [0.4, 0.5) is 13.2 Å². The van der Waals surface area contributed by atoms with Crippen LogP contribution in [0.3, 0.4) is 0 Å². The number of ether oxygens (including phenoxy) is 1. The molecule has 0 radical (unpaired) electrons. The fraction of sp³-hybridized carbons (Fsp3) is 0.621. The number of aromatic nitrogens is 5. The van der Waals surface area contributed by atoms with Gasteiger partial charge in [-0.05, 0) is 82.8 Å². The van der Waals surface area contributed by atoms with Crippen molar-refractivity contribution in [3.8, 4) is 0 Å². The summed E-state index contributed by atoms with van der Waals surface area (Å²) >= 11 is 0. The minimum Gasteiger partial charge on any atom is -0.373 e. The first-order chi connectivity index (χ1) is 18.5. The number of fused-ring (bicyclic) bond motifs is 1. The lowest BCUT2D eigenvalue weighted by Crippen LogP contribution is -2.70. The normalized spacial score (nSPS) is 36.5. The zero-order chi connectivity index (χ0) is 26.9. The monoisotopic (exact) mass is 537 g/mol. The van der Waals surface area contributed by atoms with E-state index in [9.17, 15) is 18.0 Å². The summed E-state index contributed by atoms with van der Waals surface area (Å²) in [7, 11) is 0. The van der Waals surface area contributed by atoms with Crippen LogP contribution in [0.15, 0.2) is 23.1 Å². The number of rotatable bonds is 4. The van der Waals surface area contributed by atoms with Gasteiger partial charge in [0.05, 0.1) is 28.6 Å². The van der Waals surface area contributed by atoms with E-state index in [0.29, 0.717) is 42.1 Å². The molecule has 3 aromatic heterocycles. The average molecular weight is 538 g/mol. The quantitative estimate of drug-likeness (QED) is 0.448. The maximum absolute atomic E-state index is 13.7. The predicted octanol–water partition coefficient (Wildman–Crippen LogP) is 5.33. The molecule has 2 unspecified atom stereocenters. The summed E-state index contributed by atoms with van der Waals surface area (Å²) in [6.07, 6.45) is 2.34. The highest BCUT2D eigenvalue weighted by Gasteiger charge is 2.79. The molecule has 6 saturated carbocycles. The molecule has 4 bridgehead atoms. The lowest BCUT2D eigenvalue weighted by atomic mass is 9.34. The highest BCUT2D eigenvalue weighted by Crippen LogP contribution is 2.78. The number of aryl methyl sites for hydroxylation is 2. The van der Waals surface area contributed by atoms with E-state index in [0.717, 1.165) is 42.1 Å². The molecule has 7 fully saturated rings. The Balaban J connectivity index is 1.14. The standard InChI is InChI=1S/C29H30F3N5O2/c1-15-16(2)34-25-22(33-15)23(26-12-27(13-26,14-26)29(30,31)32)35-24(36-25)18-5-6-39-20(7-18)19-3-4-21(38)37(11-19)28-8-17(9-28)10-28/h3-4,11,17-18,20H,5-10,12-14H2,1-2H3. The molecule has 6 aliphatic carbocycles. The van der Waals surface area contributed by atoms with Gasteiger partial charge in [0, 0.05) is 35.7 Å². The van der Waals surface area contributed by atoms with Crippen molar-refractivity contribution in [3.63, 3.8) is 0 Å². The van der Waals surface area contributed by atoms with Crippen molar-refractivity contribution < 1.29 is 17.9 Å². The molecule has 0 amide bonds. The van der Waals surface area contributed by atoms with Crippen LogP contribution in [0.1, 0.15) is 91.9 Å². The van der Waals surface area contributed by atoms with Gasteiger partial charge in [-0.2, -0.15) is 13.2 Å². The topological polar surface area (TPSA) is 82.8 Å². The Kier molecular flexibility index (Phi) is 4.57. The number of hydrogen-bond acceptors (Lipinski definition) is 6. The second-order valence-corrected chi connectivity index (χ2v) is 13.0. The molecule has 0 N–H and O–H groups in total. The molecule has 0 spiro atoms. The van der Waals surface area contributed by atoms with E-state index >= 15 is 0 Å². The Labute approximate surface area is 223 Å². The molecule has 0 aromatic carbocycles. The second-order valence-electron chi connectivity index (χ2n) is 13.0. The Hall–Kier alpha value is -2.88. The van der Waals surface area contributed by atoms with Gasteiger partial charge >= 0.3 is 6.18 Å². The summed E-state index contributed by atoms with van der Waals surface area (Å²) in [5, 5.41) is 0. The molecule has 2 atom stereocenters. The van der Waals surface area contributed by atoms with Gasteiger partial charge in [-0.15, -0.1) is 0 Å². The zero-order valence-electron chi connectivity index (χ0n) is 22.0. The summed E-state index contributed by atoms with van der Waals surface area (Å²) in [4.78, 5) is 31.9. The van der Waals surface area contributed by atoms with Crippen molar-refractivity contribution in [2.75, 3.05) is 6.61 Å². The van der Waals surface area contributed by atoms with Gasteiger partial charge in [0.2, 0.25) is 0 Å². The molecule has 3 aromatic rings. The van der Waals surface area contributed by atoms with Crippen LogP contribution in [0.2, 0.25) is 0 Å². The minimum absolute atomic E-state index is 0.00661. The first kappa shape index (κ1) is 24.0. The summed E-state index contributed by atoms with van der Waals surface area (Å²) in [6.45, 7) is 4.24. The van der Waals surface area contributed by atoms with Gasteiger partial charge < -0.3 is 9.30 Å². The Morgan fingerprint density at radius 1 is 1.00 bits per heavy atom. The number of nitrogens with zero attached hydrogens (tertiary/aromatic N) is 5. The number of halogens is 3. The van der Waals surface area contributed by atoms with Gasteiger partial charge in [0.1, 0.15) is 11.3 Å². The van der Waals surface area contributed by atoms with Crippen molar-refractivity contribution in [3.05, 3.63) is 57.2 Å². The van der Waals surface area contributed by atoms with Gasteiger partial charge in [0.15, 0.2) is 5.65 Å². The lowest BCUT2D eigenvalue weighted by Gasteiger charge is -2.70. The Morgan fingerprint density at radius 3 is 2.38 bits per heavy atom. The van der Waals surface area contributed by atoms with Crippen LogP contribution < -0.4 is 5.56 Å². The minimum atomic E-state index is -4.19. The molecular formula is C29H30F3N5O2. The van der Waals surface area contributed by atoms with E-state index in [1.807, 2.05) is 30.7 Å². The summed E-state index contributed by atoms with van der Waals surface area (Å²) in [5.41, 5.74) is 1.93. The first-order valence-corrected chi connectivity index (χ1v) is 13.9. The Bertz CT molecular complexity index is 1580. The maximum atomic E-state index is 13.7. The Morgan fingerprint density at radius 2 is 1.72 bits per heavy atom. The van der Waals surface area contributed by atoms with E-state index in [4.69, 9.17) is 19.7 Å². The van der Waals surface area contributed by atoms with Crippen molar-refractivity contribution in [2.45, 2.75) is 94.4 Å². The molecule has 1 aliphatic heterocycles. The summed E-state index contributed by atoms with van der Waals surface area (Å²) in [6, 6.07) is 3.51.